The topological polar surface area (TPSA) is 74.0 Å². The van der Waals surface area contributed by atoms with Crippen LogP contribution < -0.4 is 10.6 Å². The quantitative estimate of drug-likeness (QED) is 0.570. The minimum absolute atomic E-state index is 0.108. The Balaban J connectivity index is 1.77. The van der Waals surface area contributed by atoms with Crippen LogP contribution in [0.4, 0.5) is 8.78 Å². The van der Waals surface area contributed by atoms with Gasteiger partial charge in [-0.1, -0.05) is 0 Å². The van der Waals surface area contributed by atoms with E-state index in [1.165, 1.54) is 24.3 Å². The van der Waals surface area contributed by atoms with Crippen molar-refractivity contribution in [3.63, 3.8) is 0 Å². The lowest BCUT2D eigenvalue weighted by Crippen LogP contribution is -2.45. The van der Waals surface area contributed by atoms with Gasteiger partial charge in [-0.25, -0.2) is 8.78 Å². The molecule has 3 rings (SSSR count). The molecule has 0 bridgehead atoms. The number of rotatable bonds is 6. The molecule has 3 aromatic rings. The van der Waals surface area contributed by atoms with Crippen molar-refractivity contribution in [2.75, 3.05) is 6.54 Å². The minimum Gasteiger partial charge on any atom is -0.354 e. The van der Waals surface area contributed by atoms with Crippen LogP contribution in [0.15, 0.2) is 42.5 Å². The SMILES string of the molecule is CC(C)(C)NC(=O)CNC(=O)CCc1c(-c2ccc(F)cc2)[nH]c2ccc(F)cc12. The number of hydrogen-bond donors (Lipinski definition) is 3. The van der Waals surface area contributed by atoms with E-state index in [9.17, 15) is 18.4 Å². The van der Waals surface area contributed by atoms with Crippen LogP contribution in [0.2, 0.25) is 0 Å². The number of aromatic nitrogens is 1. The highest BCUT2D eigenvalue weighted by molar-refractivity contribution is 5.92. The smallest absolute Gasteiger partial charge is 0.239 e. The summed E-state index contributed by atoms with van der Waals surface area (Å²) in [7, 11) is 0. The number of halogens is 2. The van der Waals surface area contributed by atoms with Crippen LogP contribution in [-0.2, 0) is 16.0 Å². The Morgan fingerprint density at radius 1 is 0.967 bits per heavy atom. The van der Waals surface area contributed by atoms with Crippen molar-refractivity contribution in [3.8, 4) is 11.3 Å². The van der Waals surface area contributed by atoms with E-state index in [0.29, 0.717) is 17.5 Å². The molecule has 0 aliphatic rings. The van der Waals surface area contributed by atoms with Gasteiger partial charge < -0.3 is 15.6 Å². The maximum absolute atomic E-state index is 13.8. The summed E-state index contributed by atoms with van der Waals surface area (Å²) in [5, 5.41) is 6.06. The van der Waals surface area contributed by atoms with Crippen LogP contribution in [0.3, 0.4) is 0 Å². The van der Waals surface area contributed by atoms with Crippen LogP contribution in [0.1, 0.15) is 32.8 Å². The molecule has 158 valence electrons. The maximum Gasteiger partial charge on any atom is 0.239 e. The van der Waals surface area contributed by atoms with Crippen molar-refractivity contribution in [1.29, 1.82) is 0 Å². The van der Waals surface area contributed by atoms with Gasteiger partial charge in [0.15, 0.2) is 0 Å². The lowest BCUT2D eigenvalue weighted by atomic mass is 10.0. The first-order valence-electron chi connectivity index (χ1n) is 9.76. The highest BCUT2D eigenvalue weighted by atomic mass is 19.1. The second kappa shape index (κ2) is 8.65. The van der Waals surface area contributed by atoms with E-state index in [1.807, 2.05) is 20.8 Å². The molecule has 0 saturated heterocycles. The van der Waals surface area contributed by atoms with Gasteiger partial charge in [0.1, 0.15) is 11.6 Å². The standard InChI is InChI=1S/C23H25F2N3O2/c1-23(2,3)28-21(30)13-26-20(29)11-9-17-18-12-16(25)8-10-19(18)27-22(17)14-4-6-15(24)7-5-14/h4-8,10,12,27H,9,11,13H2,1-3H3,(H,26,29)(H,28,30). The number of carbonyl (C=O) groups is 2. The predicted molar refractivity (Wildman–Crippen MR) is 113 cm³/mol. The Morgan fingerprint density at radius 3 is 2.30 bits per heavy atom. The van der Waals surface area contributed by atoms with Gasteiger partial charge in [0.05, 0.1) is 6.54 Å². The molecule has 1 heterocycles. The highest BCUT2D eigenvalue weighted by Gasteiger charge is 2.17. The fourth-order valence-electron chi connectivity index (χ4n) is 3.31. The third-order valence-corrected chi connectivity index (χ3v) is 4.56. The normalized spacial score (nSPS) is 11.5. The molecule has 5 nitrogen and oxygen atoms in total. The van der Waals surface area contributed by atoms with Crippen LogP contribution in [0.25, 0.3) is 22.2 Å². The maximum atomic E-state index is 13.8. The lowest BCUT2D eigenvalue weighted by molar-refractivity contribution is -0.126. The largest absolute Gasteiger partial charge is 0.354 e. The molecular formula is C23H25F2N3O2. The number of nitrogens with one attached hydrogen (secondary N) is 3. The molecular weight excluding hydrogens is 388 g/mol. The third kappa shape index (κ3) is 5.43. The molecule has 30 heavy (non-hydrogen) atoms. The summed E-state index contributed by atoms with van der Waals surface area (Å²) in [4.78, 5) is 27.4. The van der Waals surface area contributed by atoms with Crippen molar-refractivity contribution < 1.29 is 18.4 Å². The number of fused-ring (bicyclic) bond motifs is 1. The first-order chi connectivity index (χ1) is 14.1. The van der Waals surface area contributed by atoms with Gasteiger partial charge in [-0.3, -0.25) is 9.59 Å². The highest BCUT2D eigenvalue weighted by Crippen LogP contribution is 2.32. The monoisotopic (exact) mass is 413 g/mol. The number of hydrogen-bond acceptors (Lipinski definition) is 2. The summed E-state index contributed by atoms with van der Waals surface area (Å²) in [6.45, 7) is 5.48. The summed E-state index contributed by atoms with van der Waals surface area (Å²) in [6.07, 6.45) is 0.462. The van der Waals surface area contributed by atoms with E-state index in [-0.39, 0.29) is 42.0 Å². The Hall–Kier alpha value is -3.22. The number of benzene rings is 2. The first kappa shape index (κ1) is 21.5. The number of amides is 2. The number of aryl methyl sites for hydroxylation is 1. The van der Waals surface area contributed by atoms with E-state index in [0.717, 1.165) is 16.6 Å². The zero-order valence-electron chi connectivity index (χ0n) is 17.2. The van der Waals surface area contributed by atoms with E-state index < -0.39 is 0 Å². The zero-order valence-corrected chi connectivity index (χ0v) is 17.2. The van der Waals surface area contributed by atoms with Gasteiger partial charge in [-0.05, 0) is 80.8 Å². The average Bonchev–Trinajstić information content (AvgIpc) is 3.01. The molecule has 0 fully saturated rings. The summed E-state index contributed by atoms with van der Waals surface area (Å²) < 4.78 is 27.2. The predicted octanol–water partition coefficient (Wildman–Crippen LogP) is 4.08. The number of H-pyrrole nitrogens is 1. The molecule has 0 saturated carbocycles. The molecule has 0 radical (unpaired) electrons. The van der Waals surface area contributed by atoms with E-state index in [4.69, 9.17) is 0 Å². The van der Waals surface area contributed by atoms with E-state index in [2.05, 4.69) is 15.6 Å². The fraction of sp³-hybridized carbons (Fsp3) is 0.304. The second-order valence-corrected chi connectivity index (χ2v) is 8.25. The van der Waals surface area contributed by atoms with Gasteiger partial charge in [0, 0.05) is 28.6 Å². The van der Waals surface area contributed by atoms with Gasteiger partial charge in [0.25, 0.3) is 0 Å². The first-order valence-corrected chi connectivity index (χ1v) is 9.76. The van der Waals surface area contributed by atoms with Crippen molar-refractivity contribution in [2.45, 2.75) is 39.2 Å². The molecule has 0 atom stereocenters. The van der Waals surface area contributed by atoms with Crippen LogP contribution in [0, 0.1) is 11.6 Å². The molecule has 2 amide bonds. The molecule has 2 aromatic carbocycles. The van der Waals surface area contributed by atoms with Crippen LogP contribution in [0.5, 0.6) is 0 Å². The molecule has 0 spiro atoms. The molecule has 1 aromatic heterocycles. The Kier molecular flexibility index (Phi) is 6.20. The van der Waals surface area contributed by atoms with Crippen LogP contribution >= 0.6 is 0 Å². The van der Waals surface area contributed by atoms with Crippen molar-refractivity contribution in [2.24, 2.45) is 0 Å². The zero-order chi connectivity index (χ0) is 21.9. The summed E-state index contributed by atoms with van der Waals surface area (Å²) in [5.74, 6) is -1.28. The van der Waals surface area contributed by atoms with Gasteiger partial charge in [0.2, 0.25) is 11.8 Å². The third-order valence-electron chi connectivity index (χ3n) is 4.56. The number of carbonyl (C=O) groups excluding carboxylic acids is 2. The summed E-state index contributed by atoms with van der Waals surface area (Å²) >= 11 is 0. The Morgan fingerprint density at radius 2 is 1.63 bits per heavy atom. The molecule has 7 heteroatoms. The summed E-state index contributed by atoms with van der Waals surface area (Å²) in [5.41, 5.74) is 2.59. The second-order valence-electron chi connectivity index (χ2n) is 8.25. The fourth-order valence-corrected chi connectivity index (χ4v) is 3.31. The number of aromatic amines is 1. The van der Waals surface area contributed by atoms with Gasteiger partial charge in [-0.2, -0.15) is 0 Å². The molecule has 3 N–H and O–H groups in total. The average molecular weight is 413 g/mol. The minimum atomic E-state index is -0.378. The van der Waals surface area contributed by atoms with Gasteiger partial charge in [-0.15, -0.1) is 0 Å². The van der Waals surface area contributed by atoms with Gasteiger partial charge >= 0.3 is 0 Å². The van der Waals surface area contributed by atoms with Crippen molar-refractivity contribution >= 4 is 22.7 Å². The Labute approximate surface area is 173 Å². The van der Waals surface area contributed by atoms with E-state index >= 15 is 0 Å². The molecule has 0 unspecified atom stereocenters. The van der Waals surface area contributed by atoms with E-state index in [1.54, 1.807) is 18.2 Å². The molecule has 0 aliphatic heterocycles. The molecule has 0 aliphatic carbocycles. The summed E-state index contributed by atoms with van der Waals surface area (Å²) in [6, 6.07) is 10.4. The van der Waals surface area contributed by atoms with Crippen molar-refractivity contribution in [3.05, 3.63) is 59.7 Å². The lowest BCUT2D eigenvalue weighted by Gasteiger charge is -2.20. The van der Waals surface area contributed by atoms with Crippen LogP contribution in [-0.4, -0.2) is 28.9 Å². The van der Waals surface area contributed by atoms with Crippen molar-refractivity contribution in [1.82, 2.24) is 15.6 Å². The Bertz CT molecular complexity index is 1070.